The minimum absolute atomic E-state index is 0.0473. The standard InChI is InChI=1S/C19H18Br2N2O4S/c1-3-22(4-2)28(26,27)23-17-8-6-5-7-13(17)14(19(23)25)9-12-10-15(20)18(24)16(21)11-12/h5-11,24H,3-4H2,1-2H3. The zero-order valence-corrected chi connectivity index (χ0v) is 19.2. The molecule has 0 radical (unpaired) electrons. The zero-order chi connectivity index (χ0) is 20.6. The number of halogens is 2. The van der Waals surface area contributed by atoms with Crippen molar-refractivity contribution in [1.29, 1.82) is 0 Å². The SMILES string of the molecule is CCN(CC)S(=O)(=O)N1C(=O)C(=Cc2cc(Br)c(O)c(Br)c2)c2ccccc21. The molecule has 0 atom stereocenters. The summed E-state index contributed by atoms with van der Waals surface area (Å²) in [6.45, 7) is 3.99. The molecule has 3 rings (SSSR count). The van der Waals surface area contributed by atoms with Crippen molar-refractivity contribution in [1.82, 2.24) is 4.31 Å². The number of carbonyl (C=O) groups is 1. The molecule has 1 amide bonds. The molecule has 0 aromatic heterocycles. The molecule has 28 heavy (non-hydrogen) atoms. The monoisotopic (exact) mass is 528 g/mol. The number of aromatic hydroxyl groups is 1. The number of fused-ring (bicyclic) bond motifs is 1. The zero-order valence-electron chi connectivity index (χ0n) is 15.2. The topological polar surface area (TPSA) is 77.9 Å². The van der Waals surface area contributed by atoms with E-state index in [1.54, 1.807) is 56.3 Å². The van der Waals surface area contributed by atoms with Gasteiger partial charge < -0.3 is 5.11 Å². The molecule has 6 nitrogen and oxygen atoms in total. The van der Waals surface area contributed by atoms with Crippen LogP contribution in [0, 0.1) is 0 Å². The number of phenolic OH excluding ortho intramolecular Hbond substituents is 1. The summed E-state index contributed by atoms with van der Waals surface area (Å²) in [4.78, 5) is 13.2. The number of hydrogen-bond donors (Lipinski definition) is 1. The lowest BCUT2D eigenvalue weighted by molar-refractivity contribution is -0.111. The Hall–Kier alpha value is -1.68. The summed E-state index contributed by atoms with van der Waals surface area (Å²) in [5, 5.41) is 9.89. The predicted octanol–water partition coefficient (Wildman–Crippen LogP) is 4.39. The van der Waals surface area contributed by atoms with Gasteiger partial charge in [0.05, 0.1) is 20.2 Å². The minimum atomic E-state index is -3.99. The molecule has 2 aromatic carbocycles. The Kier molecular flexibility index (Phi) is 6.00. The number of phenols is 1. The molecule has 0 aliphatic carbocycles. The summed E-state index contributed by atoms with van der Waals surface area (Å²) in [7, 11) is -3.99. The average molecular weight is 530 g/mol. The van der Waals surface area contributed by atoms with Gasteiger partial charge in [0.15, 0.2) is 0 Å². The van der Waals surface area contributed by atoms with Crippen LogP contribution in [0.5, 0.6) is 5.75 Å². The minimum Gasteiger partial charge on any atom is -0.506 e. The average Bonchev–Trinajstić information content (AvgIpc) is 2.93. The van der Waals surface area contributed by atoms with E-state index in [1.165, 1.54) is 4.31 Å². The molecule has 1 N–H and O–H groups in total. The van der Waals surface area contributed by atoms with Crippen molar-refractivity contribution in [2.75, 3.05) is 17.4 Å². The van der Waals surface area contributed by atoms with Crippen molar-refractivity contribution in [3.05, 3.63) is 56.5 Å². The summed E-state index contributed by atoms with van der Waals surface area (Å²) in [5.74, 6) is -0.556. The van der Waals surface area contributed by atoms with Gasteiger partial charge >= 0.3 is 10.2 Å². The van der Waals surface area contributed by atoms with Crippen LogP contribution >= 0.6 is 31.9 Å². The van der Waals surface area contributed by atoms with Crippen LogP contribution < -0.4 is 4.31 Å². The lowest BCUT2D eigenvalue weighted by Gasteiger charge is -2.25. The number of amides is 1. The second-order valence-corrected chi connectivity index (χ2v) is 9.56. The number of nitrogens with zero attached hydrogens (tertiary/aromatic N) is 2. The van der Waals surface area contributed by atoms with Crippen LogP contribution in [-0.4, -0.2) is 36.8 Å². The molecule has 1 aliphatic heterocycles. The van der Waals surface area contributed by atoms with E-state index in [9.17, 15) is 18.3 Å². The number of benzene rings is 2. The van der Waals surface area contributed by atoms with E-state index in [2.05, 4.69) is 31.9 Å². The van der Waals surface area contributed by atoms with Crippen molar-refractivity contribution in [3.63, 3.8) is 0 Å². The highest BCUT2D eigenvalue weighted by atomic mass is 79.9. The second kappa shape index (κ2) is 7.98. The molecular weight excluding hydrogens is 512 g/mol. The Morgan fingerprint density at radius 2 is 1.68 bits per heavy atom. The van der Waals surface area contributed by atoms with Crippen molar-refractivity contribution in [2.24, 2.45) is 0 Å². The molecule has 2 aromatic rings. The first kappa shape index (κ1) is 21.0. The van der Waals surface area contributed by atoms with Crippen molar-refractivity contribution >= 4 is 65.3 Å². The van der Waals surface area contributed by atoms with Gasteiger partial charge in [-0.05, 0) is 61.7 Å². The Morgan fingerprint density at radius 1 is 1.11 bits per heavy atom. The summed E-state index contributed by atoms with van der Waals surface area (Å²) >= 11 is 6.53. The fraction of sp³-hybridized carbons (Fsp3) is 0.211. The summed E-state index contributed by atoms with van der Waals surface area (Å²) in [5.41, 5.74) is 1.79. The number of carbonyl (C=O) groups excluding carboxylic acids is 1. The molecule has 1 aliphatic rings. The smallest absolute Gasteiger partial charge is 0.311 e. The van der Waals surface area contributed by atoms with Gasteiger partial charge in [-0.15, -0.1) is 0 Å². The van der Waals surface area contributed by atoms with Gasteiger partial charge in [0.1, 0.15) is 5.75 Å². The van der Waals surface area contributed by atoms with E-state index < -0.39 is 16.1 Å². The number of anilines is 1. The first-order valence-electron chi connectivity index (χ1n) is 8.56. The van der Waals surface area contributed by atoms with Crippen LogP contribution in [0.15, 0.2) is 45.3 Å². The van der Waals surface area contributed by atoms with Gasteiger partial charge in [0, 0.05) is 18.7 Å². The maximum atomic E-state index is 13.2. The van der Waals surface area contributed by atoms with Gasteiger partial charge in [0.25, 0.3) is 5.91 Å². The lowest BCUT2D eigenvalue weighted by Crippen LogP contribution is -2.45. The first-order chi connectivity index (χ1) is 13.2. The Labute approximate surface area is 180 Å². The fourth-order valence-electron chi connectivity index (χ4n) is 3.08. The van der Waals surface area contributed by atoms with E-state index in [1.807, 2.05) is 0 Å². The van der Waals surface area contributed by atoms with Crippen molar-refractivity contribution in [3.8, 4) is 5.75 Å². The highest BCUT2D eigenvalue weighted by Gasteiger charge is 2.42. The molecular formula is C19H18Br2N2O4S. The lowest BCUT2D eigenvalue weighted by atomic mass is 10.0. The second-order valence-electron chi connectivity index (χ2n) is 6.07. The van der Waals surface area contributed by atoms with Crippen LogP contribution in [0.3, 0.4) is 0 Å². The highest BCUT2D eigenvalue weighted by molar-refractivity contribution is 9.11. The normalized spacial score (nSPS) is 15.5. The fourth-order valence-corrected chi connectivity index (χ4v) is 5.90. The molecule has 9 heteroatoms. The van der Waals surface area contributed by atoms with E-state index in [0.29, 0.717) is 25.8 Å². The van der Waals surface area contributed by atoms with Crippen LogP contribution in [0.1, 0.15) is 25.0 Å². The third-order valence-electron chi connectivity index (χ3n) is 4.44. The molecule has 1 heterocycles. The molecule has 0 saturated heterocycles. The van der Waals surface area contributed by atoms with Gasteiger partial charge in [-0.2, -0.15) is 17.0 Å². The van der Waals surface area contributed by atoms with Gasteiger partial charge in [-0.25, -0.2) is 0 Å². The molecule has 148 valence electrons. The summed E-state index contributed by atoms with van der Waals surface area (Å²) in [6.07, 6.45) is 1.62. The highest BCUT2D eigenvalue weighted by Crippen LogP contribution is 2.41. The Bertz CT molecular complexity index is 1060. The third kappa shape index (κ3) is 3.52. The molecule has 0 spiro atoms. The van der Waals surface area contributed by atoms with Crippen LogP contribution in [-0.2, 0) is 15.0 Å². The van der Waals surface area contributed by atoms with Crippen molar-refractivity contribution < 1.29 is 18.3 Å². The van der Waals surface area contributed by atoms with Crippen molar-refractivity contribution in [2.45, 2.75) is 13.8 Å². The largest absolute Gasteiger partial charge is 0.506 e. The first-order valence-corrected chi connectivity index (χ1v) is 11.5. The maximum absolute atomic E-state index is 13.2. The number of para-hydroxylation sites is 1. The molecule has 0 fully saturated rings. The predicted molar refractivity (Wildman–Crippen MR) is 117 cm³/mol. The summed E-state index contributed by atoms with van der Waals surface area (Å²) < 4.78 is 29.2. The summed E-state index contributed by atoms with van der Waals surface area (Å²) in [6, 6.07) is 10.1. The number of rotatable bonds is 5. The van der Waals surface area contributed by atoms with Crippen LogP contribution in [0.4, 0.5) is 5.69 Å². The van der Waals surface area contributed by atoms with E-state index in [4.69, 9.17) is 0 Å². The van der Waals surface area contributed by atoms with E-state index >= 15 is 0 Å². The van der Waals surface area contributed by atoms with Crippen LogP contribution in [0.25, 0.3) is 11.6 Å². The van der Waals surface area contributed by atoms with E-state index in [0.717, 1.165) is 4.31 Å². The third-order valence-corrected chi connectivity index (χ3v) is 7.64. The molecule has 0 saturated carbocycles. The van der Waals surface area contributed by atoms with Crippen LogP contribution in [0.2, 0.25) is 0 Å². The van der Waals surface area contributed by atoms with Gasteiger partial charge in [-0.1, -0.05) is 32.0 Å². The Balaban J connectivity index is 2.17. The number of hydrogen-bond acceptors (Lipinski definition) is 4. The molecule has 0 unspecified atom stereocenters. The Morgan fingerprint density at radius 3 is 2.25 bits per heavy atom. The van der Waals surface area contributed by atoms with Gasteiger partial charge in [0.2, 0.25) is 0 Å². The maximum Gasteiger partial charge on any atom is 0.311 e. The van der Waals surface area contributed by atoms with Gasteiger partial charge in [-0.3, -0.25) is 4.79 Å². The molecule has 0 bridgehead atoms. The quantitative estimate of drug-likeness (QED) is 0.582. The van der Waals surface area contributed by atoms with E-state index in [-0.39, 0.29) is 24.4 Å².